The van der Waals surface area contributed by atoms with E-state index in [0.29, 0.717) is 44.6 Å². The maximum atomic E-state index is 15.7. The molecule has 0 spiro atoms. The number of morpholine rings is 1. The molecule has 2 aliphatic heterocycles. The molecule has 1 N–H and O–H groups in total. The molecule has 3 aliphatic rings. The summed E-state index contributed by atoms with van der Waals surface area (Å²) in [4.78, 5) is 33.9. The number of benzene rings is 2. The maximum Gasteiger partial charge on any atom is 0.410 e. The van der Waals surface area contributed by atoms with Crippen molar-refractivity contribution in [2.24, 2.45) is 5.92 Å². The van der Waals surface area contributed by atoms with Gasteiger partial charge < -0.3 is 33.9 Å². The number of carboxylic acids is 1. The summed E-state index contributed by atoms with van der Waals surface area (Å²) in [7, 11) is 1.67. The zero-order chi connectivity index (χ0) is 39.6. The fraction of sp³-hybridized carbons (Fsp3) is 0.513. The molecule has 2 aromatic carbocycles. The molecule has 1 aliphatic carbocycles. The molecule has 2 fully saturated rings. The number of pyridine rings is 1. The van der Waals surface area contributed by atoms with Gasteiger partial charge in [-0.05, 0) is 79.4 Å². The van der Waals surface area contributed by atoms with Gasteiger partial charge in [-0.25, -0.2) is 36.5 Å². The minimum absolute atomic E-state index is 0.0505. The number of aromatic nitrogens is 1. The van der Waals surface area contributed by atoms with Gasteiger partial charge in [0, 0.05) is 67.5 Å². The average Bonchev–Trinajstić information content (AvgIpc) is 3.47. The summed E-state index contributed by atoms with van der Waals surface area (Å²) in [5.41, 5.74) is -3.92. The number of carboxylic acid groups (broad SMARTS) is 1. The van der Waals surface area contributed by atoms with Crippen LogP contribution in [0.3, 0.4) is 0 Å². The number of hydrogen-bond donors (Lipinski definition) is 1. The molecule has 1 amide bonds. The Morgan fingerprint density at radius 1 is 0.889 bits per heavy atom. The Morgan fingerprint density at radius 2 is 1.44 bits per heavy atom. The van der Waals surface area contributed by atoms with Gasteiger partial charge in [0.15, 0.2) is 34.8 Å². The van der Waals surface area contributed by atoms with Crippen LogP contribution in [0, 0.1) is 41.9 Å². The smallest absolute Gasteiger partial charge is 0.410 e. The first-order valence-electron chi connectivity index (χ1n) is 17.9. The average molecular weight is 762 g/mol. The largest absolute Gasteiger partial charge is 0.478 e. The highest BCUT2D eigenvalue weighted by molar-refractivity contribution is 6.06. The second kappa shape index (κ2) is 14.2. The predicted molar refractivity (Wildman–Crippen MR) is 188 cm³/mol. The first-order chi connectivity index (χ1) is 25.2. The molecule has 3 aromatic rings. The minimum atomic E-state index is -2.38. The third-order valence-corrected chi connectivity index (χ3v) is 10.4. The summed E-state index contributed by atoms with van der Waals surface area (Å²) in [6, 6.07) is 2.99. The van der Waals surface area contributed by atoms with Crippen molar-refractivity contribution in [3.05, 3.63) is 58.5 Å². The van der Waals surface area contributed by atoms with Gasteiger partial charge in [0.1, 0.15) is 11.4 Å². The summed E-state index contributed by atoms with van der Waals surface area (Å²) in [5.74, 6) is -14.4. The number of anilines is 1. The third-order valence-electron chi connectivity index (χ3n) is 10.4. The number of carbonyl (C=O) groups excluding carboxylic acids is 1. The Labute approximate surface area is 310 Å². The predicted octanol–water partition coefficient (Wildman–Crippen LogP) is 8.64. The monoisotopic (exact) mass is 761 g/mol. The number of fused-ring (bicyclic) bond motifs is 1. The standard InChI is InChI=1S/C39H44F5N3O7/c1-18-16-47(17-19(2)51-18)24-14-9-21(15-45-24)26-27(28-29(40)31(42)33(44)32(43)30(28)41)25(36(48)49)20(3)34-35(26)53-39(7,52-34)22-10-12-23(13-11-22)46(8)37(50)54-38(4,5)6/h9,14-15,18-19,22-23H,10-13,16-17H2,1-8H3,(H,48,49)/t18-,19+,22?,23?,39?. The summed E-state index contributed by atoms with van der Waals surface area (Å²) in [6.07, 6.45) is 2.76. The third kappa shape index (κ3) is 7.02. The quantitative estimate of drug-likeness (QED) is 0.150. The van der Waals surface area contributed by atoms with Gasteiger partial charge in [-0.3, -0.25) is 0 Å². The van der Waals surface area contributed by atoms with E-state index in [1.54, 1.807) is 45.7 Å². The lowest BCUT2D eigenvalue weighted by atomic mass is 9.81. The summed E-state index contributed by atoms with van der Waals surface area (Å²) in [6.45, 7) is 13.2. The number of halogens is 5. The SMILES string of the molecule is Cc1c2c(c(-c3ccc(N4C[C@@H](C)O[C@@H](C)C4)nc3)c(-c3c(F)c(F)c(F)c(F)c3F)c1C(=O)O)OC(C)(C1CCC(N(C)C(=O)OC(C)(C)C)CC1)O2. The highest BCUT2D eigenvalue weighted by Gasteiger charge is 2.49. The van der Waals surface area contributed by atoms with Gasteiger partial charge in [-0.2, -0.15) is 0 Å². The van der Waals surface area contributed by atoms with Gasteiger partial charge in [0.25, 0.3) is 5.79 Å². The zero-order valence-corrected chi connectivity index (χ0v) is 31.4. The van der Waals surface area contributed by atoms with Crippen LogP contribution in [-0.2, 0) is 9.47 Å². The van der Waals surface area contributed by atoms with Crippen LogP contribution in [0.2, 0.25) is 0 Å². The molecular formula is C39H44F5N3O7. The molecular weight excluding hydrogens is 717 g/mol. The highest BCUT2D eigenvalue weighted by Crippen LogP contribution is 2.57. The Kier molecular flexibility index (Phi) is 10.3. The topological polar surface area (TPSA) is 111 Å². The molecule has 292 valence electrons. The van der Waals surface area contributed by atoms with Crippen molar-refractivity contribution in [3.63, 3.8) is 0 Å². The number of carbonyl (C=O) groups is 2. The fourth-order valence-corrected chi connectivity index (χ4v) is 7.81. The van der Waals surface area contributed by atoms with Crippen LogP contribution in [0.4, 0.5) is 32.6 Å². The van der Waals surface area contributed by atoms with Crippen LogP contribution in [0.15, 0.2) is 18.3 Å². The molecule has 3 atom stereocenters. The number of rotatable bonds is 6. The van der Waals surface area contributed by atoms with Crippen molar-refractivity contribution in [1.82, 2.24) is 9.88 Å². The van der Waals surface area contributed by atoms with Crippen LogP contribution in [-0.4, -0.2) is 76.8 Å². The molecule has 1 saturated carbocycles. The van der Waals surface area contributed by atoms with Crippen LogP contribution in [0.1, 0.15) is 83.1 Å². The van der Waals surface area contributed by atoms with Gasteiger partial charge in [0.05, 0.1) is 23.3 Å². The maximum absolute atomic E-state index is 15.7. The Hall–Kier alpha value is -4.66. The zero-order valence-electron chi connectivity index (χ0n) is 31.4. The van der Waals surface area contributed by atoms with Gasteiger partial charge in [-0.1, -0.05) is 0 Å². The molecule has 15 heteroatoms. The first kappa shape index (κ1) is 39.0. The number of ether oxygens (including phenoxy) is 4. The van der Waals surface area contributed by atoms with Gasteiger partial charge in [0.2, 0.25) is 5.82 Å². The molecule has 1 unspecified atom stereocenters. The fourth-order valence-electron chi connectivity index (χ4n) is 7.81. The van der Waals surface area contributed by atoms with E-state index in [1.165, 1.54) is 19.2 Å². The number of hydrogen-bond acceptors (Lipinski definition) is 8. The Morgan fingerprint density at radius 3 is 1.96 bits per heavy atom. The van der Waals surface area contributed by atoms with E-state index >= 15 is 8.78 Å². The summed E-state index contributed by atoms with van der Waals surface area (Å²) >= 11 is 0. The van der Waals surface area contributed by atoms with Gasteiger partial charge >= 0.3 is 12.1 Å². The van der Waals surface area contributed by atoms with Crippen molar-refractivity contribution in [1.29, 1.82) is 0 Å². The molecule has 1 aromatic heterocycles. The molecule has 10 nitrogen and oxygen atoms in total. The molecule has 6 rings (SSSR count). The number of nitrogens with zero attached hydrogens (tertiary/aromatic N) is 3. The van der Waals surface area contributed by atoms with E-state index in [9.17, 15) is 27.9 Å². The van der Waals surface area contributed by atoms with Crippen molar-refractivity contribution in [2.75, 3.05) is 25.0 Å². The molecule has 54 heavy (non-hydrogen) atoms. The van der Waals surface area contributed by atoms with E-state index < -0.39 is 69.2 Å². The van der Waals surface area contributed by atoms with Gasteiger partial charge in [-0.15, -0.1) is 0 Å². The highest BCUT2D eigenvalue weighted by atomic mass is 19.2. The van der Waals surface area contributed by atoms with E-state index in [4.69, 9.17) is 18.9 Å². The van der Waals surface area contributed by atoms with E-state index in [1.807, 2.05) is 18.7 Å². The van der Waals surface area contributed by atoms with Crippen LogP contribution >= 0.6 is 0 Å². The Balaban J connectivity index is 1.46. The molecule has 0 radical (unpaired) electrons. The first-order valence-corrected chi connectivity index (χ1v) is 17.9. The number of amides is 1. The molecule has 0 bridgehead atoms. The van der Waals surface area contributed by atoms with Crippen molar-refractivity contribution in [3.8, 4) is 33.8 Å². The van der Waals surface area contributed by atoms with E-state index in [2.05, 4.69) is 4.98 Å². The Bertz CT molecular complexity index is 1940. The lowest BCUT2D eigenvalue weighted by Crippen LogP contribution is -2.48. The van der Waals surface area contributed by atoms with E-state index in [-0.39, 0.29) is 52.4 Å². The summed E-state index contributed by atoms with van der Waals surface area (Å²) in [5, 5.41) is 10.5. The van der Waals surface area contributed by atoms with Crippen LogP contribution < -0.4 is 14.4 Å². The normalized spacial score (nSPS) is 24.1. The second-order valence-corrected chi connectivity index (χ2v) is 15.5. The van der Waals surface area contributed by atoms with Crippen molar-refractivity contribution in [2.45, 2.75) is 104 Å². The minimum Gasteiger partial charge on any atom is -0.478 e. The van der Waals surface area contributed by atoms with Crippen molar-refractivity contribution < 1.29 is 55.6 Å². The summed E-state index contributed by atoms with van der Waals surface area (Å²) < 4.78 is 99.8. The lowest BCUT2D eigenvalue weighted by molar-refractivity contribution is -0.123. The lowest BCUT2D eigenvalue weighted by Gasteiger charge is -2.40. The van der Waals surface area contributed by atoms with Crippen LogP contribution in [0.25, 0.3) is 22.3 Å². The van der Waals surface area contributed by atoms with E-state index in [0.717, 1.165) is 0 Å². The molecule has 1 saturated heterocycles. The second-order valence-electron chi connectivity index (χ2n) is 15.5. The number of aromatic carboxylic acids is 1. The molecule has 3 heterocycles. The van der Waals surface area contributed by atoms with Crippen LogP contribution in [0.5, 0.6) is 11.5 Å². The van der Waals surface area contributed by atoms with Crippen molar-refractivity contribution >= 4 is 17.9 Å².